The predicted octanol–water partition coefficient (Wildman–Crippen LogP) is 3.00. The summed E-state index contributed by atoms with van der Waals surface area (Å²) >= 11 is 0. The SMILES string of the molecule is CCC(CC)C/C=C/CCNCCOC. The maximum atomic E-state index is 4.95. The summed E-state index contributed by atoms with van der Waals surface area (Å²) in [6.07, 6.45) is 9.59. The molecule has 0 saturated carbocycles. The van der Waals surface area contributed by atoms with Gasteiger partial charge in [-0.15, -0.1) is 0 Å². The molecule has 0 aromatic carbocycles. The molecule has 0 saturated heterocycles. The van der Waals surface area contributed by atoms with Crippen molar-refractivity contribution in [3.63, 3.8) is 0 Å². The Hall–Kier alpha value is -0.340. The van der Waals surface area contributed by atoms with Crippen molar-refractivity contribution in [3.05, 3.63) is 12.2 Å². The summed E-state index contributed by atoms with van der Waals surface area (Å²) < 4.78 is 4.95. The van der Waals surface area contributed by atoms with Crippen molar-refractivity contribution in [1.82, 2.24) is 5.32 Å². The maximum Gasteiger partial charge on any atom is 0.0587 e. The molecule has 0 aliphatic carbocycles. The van der Waals surface area contributed by atoms with Crippen molar-refractivity contribution in [2.45, 2.75) is 39.5 Å². The monoisotopic (exact) mass is 213 g/mol. The zero-order valence-electron chi connectivity index (χ0n) is 10.6. The van der Waals surface area contributed by atoms with Gasteiger partial charge in [0.25, 0.3) is 0 Å². The van der Waals surface area contributed by atoms with Crippen molar-refractivity contribution < 1.29 is 4.74 Å². The number of hydrogen-bond donors (Lipinski definition) is 1. The second-order valence-corrected chi connectivity index (χ2v) is 3.92. The third-order valence-electron chi connectivity index (χ3n) is 2.76. The highest BCUT2D eigenvalue weighted by Crippen LogP contribution is 2.12. The third kappa shape index (κ3) is 9.95. The first kappa shape index (κ1) is 14.7. The van der Waals surface area contributed by atoms with Crippen LogP contribution in [0.15, 0.2) is 12.2 Å². The standard InChI is InChI=1S/C13H27NO/c1-4-13(5-2)9-7-6-8-10-14-11-12-15-3/h6-7,13-14H,4-5,8-12H2,1-3H3/b7-6+. The van der Waals surface area contributed by atoms with Crippen molar-refractivity contribution in [2.75, 3.05) is 26.8 Å². The van der Waals surface area contributed by atoms with Gasteiger partial charge in [-0.2, -0.15) is 0 Å². The molecule has 0 spiro atoms. The Labute approximate surface area is 95.1 Å². The minimum atomic E-state index is 0.803. The van der Waals surface area contributed by atoms with Crippen LogP contribution in [0.25, 0.3) is 0 Å². The number of ether oxygens (including phenoxy) is 1. The van der Waals surface area contributed by atoms with Gasteiger partial charge < -0.3 is 10.1 Å². The lowest BCUT2D eigenvalue weighted by molar-refractivity contribution is 0.199. The van der Waals surface area contributed by atoms with Crippen LogP contribution in [-0.2, 0) is 4.74 Å². The van der Waals surface area contributed by atoms with E-state index in [-0.39, 0.29) is 0 Å². The first-order valence-corrected chi connectivity index (χ1v) is 6.19. The average Bonchev–Trinajstić information content (AvgIpc) is 2.27. The Morgan fingerprint density at radius 1 is 1.13 bits per heavy atom. The number of allylic oxidation sites excluding steroid dienone is 1. The van der Waals surface area contributed by atoms with E-state index in [0.717, 1.165) is 32.0 Å². The zero-order valence-corrected chi connectivity index (χ0v) is 10.6. The van der Waals surface area contributed by atoms with E-state index in [1.54, 1.807) is 7.11 Å². The molecule has 0 aromatic heterocycles. The molecule has 0 unspecified atom stereocenters. The second-order valence-electron chi connectivity index (χ2n) is 3.92. The molecule has 0 rings (SSSR count). The number of rotatable bonds is 10. The summed E-state index contributed by atoms with van der Waals surface area (Å²) in [6.45, 7) is 7.36. The fourth-order valence-electron chi connectivity index (χ4n) is 1.51. The maximum absolute atomic E-state index is 4.95. The van der Waals surface area contributed by atoms with Crippen LogP contribution >= 0.6 is 0 Å². The molecular formula is C13H27NO. The van der Waals surface area contributed by atoms with E-state index < -0.39 is 0 Å². The average molecular weight is 213 g/mol. The molecule has 0 bridgehead atoms. The van der Waals surface area contributed by atoms with Gasteiger partial charge >= 0.3 is 0 Å². The van der Waals surface area contributed by atoms with Gasteiger partial charge in [-0.1, -0.05) is 38.8 Å². The highest BCUT2D eigenvalue weighted by Gasteiger charge is 1.98. The molecule has 0 fully saturated rings. The second kappa shape index (κ2) is 11.7. The summed E-state index contributed by atoms with van der Waals surface area (Å²) in [4.78, 5) is 0. The summed E-state index contributed by atoms with van der Waals surface area (Å²) in [5, 5.41) is 3.33. The van der Waals surface area contributed by atoms with E-state index in [1.165, 1.54) is 19.3 Å². The van der Waals surface area contributed by atoms with E-state index in [0.29, 0.717) is 0 Å². The summed E-state index contributed by atoms with van der Waals surface area (Å²) in [5.74, 6) is 0.878. The number of hydrogen-bond acceptors (Lipinski definition) is 2. The van der Waals surface area contributed by atoms with E-state index in [2.05, 4.69) is 31.3 Å². The largest absolute Gasteiger partial charge is 0.383 e. The normalized spacial score (nSPS) is 11.7. The summed E-state index contributed by atoms with van der Waals surface area (Å²) in [6, 6.07) is 0. The molecule has 0 atom stereocenters. The Kier molecular flexibility index (Phi) is 11.5. The van der Waals surface area contributed by atoms with Crippen LogP contribution in [0.4, 0.5) is 0 Å². The molecule has 90 valence electrons. The Bertz CT molecular complexity index is 141. The van der Waals surface area contributed by atoms with Gasteiger partial charge in [-0.25, -0.2) is 0 Å². The van der Waals surface area contributed by atoms with Crippen LogP contribution in [0.2, 0.25) is 0 Å². The first-order chi connectivity index (χ1) is 7.35. The van der Waals surface area contributed by atoms with Gasteiger partial charge in [0.1, 0.15) is 0 Å². The van der Waals surface area contributed by atoms with Gasteiger partial charge in [0.2, 0.25) is 0 Å². The molecule has 0 aliphatic heterocycles. The van der Waals surface area contributed by atoms with Crippen molar-refractivity contribution in [1.29, 1.82) is 0 Å². The van der Waals surface area contributed by atoms with E-state index in [1.807, 2.05) is 0 Å². The topological polar surface area (TPSA) is 21.3 Å². The Morgan fingerprint density at radius 2 is 1.87 bits per heavy atom. The van der Waals surface area contributed by atoms with Crippen molar-refractivity contribution in [2.24, 2.45) is 5.92 Å². The molecule has 0 aliphatic rings. The minimum absolute atomic E-state index is 0.803. The van der Waals surface area contributed by atoms with Crippen LogP contribution in [0.1, 0.15) is 39.5 Å². The van der Waals surface area contributed by atoms with Crippen LogP contribution < -0.4 is 5.32 Å². The minimum Gasteiger partial charge on any atom is -0.383 e. The van der Waals surface area contributed by atoms with Gasteiger partial charge in [0.05, 0.1) is 6.61 Å². The van der Waals surface area contributed by atoms with E-state index in [9.17, 15) is 0 Å². The zero-order chi connectivity index (χ0) is 11.4. The van der Waals surface area contributed by atoms with Gasteiger partial charge in [0.15, 0.2) is 0 Å². The molecule has 0 amide bonds. The lowest BCUT2D eigenvalue weighted by atomic mass is 9.99. The smallest absolute Gasteiger partial charge is 0.0587 e. The number of methoxy groups -OCH3 is 1. The molecule has 2 nitrogen and oxygen atoms in total. The first-order valence-electron chi connectivity index (χ1n) is 6.19. The molecule has 2 heteroatoms. The van der Waals surface area contributed by atoms with Crippen molar-refractivity contribution in [3.8, 4) is 0 Å². The molecule has 0 aromatic rings. The van der Waals surface area contributed by atoms with Gasteiger partial charge in [0, 0.05) is 13.7 Å². The van der Waals surface area contributed by atoms with Crippen molar-refractivity contribution >= 4 is 0 Å². The highest BCUT2D eigenvalue weighted by atomic mass is 16.5. The Balaban J connectivity index is 3.23. The molecule has 0 heterocycles. The molecule has 1 N–H and O–H groups in total. The van der Waals surface area contributed by atoms with E-state index >= 15 is 0 Å². The fourth-order valence-corrected chi connectivity index (χ4v) is 1.51. The quantitative estimate of drug-likeness (QED) is 0.445. The summed E-state index contributed by atoms with van der Waals surface area (Å²) in [5.41, 5.74) is 0. The molecular weight excluding hydrogens is 186 g/mol. The molecule has 0 radical (unpaired) electrons. The van der Waals surface area contributed by atoms with Crippen LogP contribution in [0, 0.1) is 5.92 Å². The van der Waals surface area contributed by atoms with Crippen LogP contribution in [0.3, 0.4) is 0 Å². The third-order valence-corrected chi connectivity index (χ3v) is 2.76. The van der Waals surface area contributed by atoms with Gasteiger partial charge in [-0.3, -0.25) is 0 Å². The summed E-state index contributed by atoms with van der Waals surface area (Å²) in [7, 11) is 1.73. The lowest BCUT2D eigenvalue weighted by Crippen LogP contribution is -2.19. The molecule has 15 heavy (non-hydrogen) atoms. The fraction of sp³-hybridized carbons (Fsp3) is 0.846. The highest BCUT2D eigenvalue weighted by molar-refractivity contribution is 4.84. The lowest BCUT2D eigenvalue weighted by Gasteiger charge is -2.07. The number of nitrogens with one attached hydrogen (secondary N) is 1. The van der Waals surface area contributed by atoms with Crippen LogP contribution in [-0.4, -0.2) is 26.8 Å². The van der Waals surface area contributed by atoms with E-state index in [4.69, 9.17) is 4.74 Å². The predicted molar refractivity (Wildman–Crippen MR) is 67.2 cm³/mol. The van der Waals surface area contributed by atoms with Crippen LogP contribution in [0.5, 0.6) is 0 Å². The van der Waals surface area contributed by atoms with Gasteiger partial charge in [-0.05, 0) is 25.3 Å². The Morgan fingerprint density at radius 3 is 2.47 bits per heavy atom.